The van der Waals surface area contributed by atoms with Crippen LogP contribution in [-0.2, 0) is 25.5 Å². The zero-order chi connectivity index (χ0) is 36.8. The van der Waals surface area contributed by atoms with Crippen LogP contribution in [0.5, 0.6) is 0 Å². The highest BCUT2D eigenvalue weighted by Crippen LogP contribution is 2.29. The molecule has 1 aliphatic heterocycles. The first-order valence-corrected chi connectivity index (χ1v) is 17.6. The Balaban J connectivity index is 1.11. The standard InChI is InChI=1S/C42H45N5O5/c1-42(2,3)52-41(51)46-37(29-12-7-5-8-13-29)39(49)44-32-20-18-28(19-21-32)34-26-31-24-27(17-22-33(31)45-34)25-36(48)35-16-11-23-47(35)40(50)38(43-4)30-14-9-6-10-15-30/h5-10,12-15,17-22,24,26,35,37-38,43,45H,11,16,23,25H2,1-4H3,(H,44,49)(H,46,51)/t35-,37-,38+/m0/s1. The summed E-state index contributed by atoms with van der Waals surface area (Å²) in [4.78, 5) is 58.3. The molecule has 268 valence electrons. The highest BCUT2D eigenvalue weighted by molar-refractivity contribution is 5.98. The Hall–Kier alpha value is -5.74. The normalized spacial score (nSPS) is 15.5. The minimum Gasteiger partial charge on any atom is -0.444 e. The summed E-state index contributed by atoms with van der Waals surface area (Å²) in [5.74, 6) is -0.438. The van der Waals surface area contributed by atoms with E-state index < -0.39 is 35.7 Å². The summed E-state index contributed by atoms with van der Waals surface area (Å²) in [5, 5.41) is 9.71. The summed E-state index contributed by atoms with van der Waals surface area (Å²) in [7, 11) is 1.77. The number of benzene rings is 4. The van der Waals surface area contributed by atoms with Gasteiger partial charge in [-0.3, -0.25) is 14.4 Å². The number of nitrogens with zero attached hydrogens (tertiary/aromatic N) is 1. The third-order valence-electron chi connectivity index (χ3n) is 9.16. The molecular weight excluding hydrogens is 654 g/mol. The van der Waals surface area contributed by atoms with Gasteiger partial charge in [0.2, 0.25) is 5.91 Å². The first-order chi connectivity index (χ1) is 25.0. The van der Waals surface area contributed by atoms with Gasteiger partial charge in [-0.05, 0) is 93.2 Å². The van der Waals surface area contributed by atoms with Crippen LogP contribution in [0, 0.1) is 0 Å². The third-order valence-corrected chi connectivity index (χ3v) is 9.16. The number of hydrogen-bond acceptors (Lipinski definition) is 6. The number of H-pyrrole nitrogens is 1. The van der Waals surface area contributed by atoms with E-state index >= 15 is 0 Å². The lowest BCUT2D eigenvalue weighted by Gasteiger charge is -2.28. The monoisotopic (exact) mass is 699 g/mol. The fourth-order valence-corrected chi connectivity index (χ4v) is 6.69. The first kappa shape index (κ1) is 36.1. The van der Waals surface area contributed by atoms with E-state index in [2.05, 4.69) is 20.9 Å². The molecule has 3 atom stereocenters. The molecule has 3 amide bonds. The number of ketones is 1. The molecule has 0 bridgehead atoms. The molecule has 0 radical (unpaired) electrons. The molecule has 0 saturated carbocycles. The number of amides is 3. The summed E-state index contributed by atoms with van der Waals surface area (Å²) >= 11 is 0. The van der Waals surface area contributed by atoms with Gasteiger partial charge in [-0.25, -0.2) is 4.79 Å². The largest absolute Gasteiger partial charge is 0.444 e. The minimum absolute atomic E-state index is 0.0392. The molecule has 1 fully saturated rings. The predicted octanol–water partition coefficient (Wildman–Crippen LogP) is 7.10. The molecular formula is C42H45N5O5. The summed E-state index contributed by atoms with van der Waals surface area (Å²) < 4.78 is 5.40. The fourth-order valence-electron chi connectivity index (χ4n) is 6.69. The van der Waals surface area contributed by atoms with Gasteiger partial charge in [0.05, 0.1) is 6.04 Å². The van der Waals surface area contributed by atoms with Crippen LogP contribution in [0.4, 0.5) is 10.5 Å². The number of hydrogen-bond donors (Lipinski definition) is 4. The SMILES string of the molecule is CN[C@@H](C(=O)N1CCC[C@H]1C(=O)Cc1ccc2[nH]c(-c3ccc(NC(=O)[C@@H](NC(=O)OC(C)(C)C)c4ccccc4)cc3)cc2c1)c1ccccc1. The number of rotatable bonds is 11. The van der Waals surface area contributed by atoms with E-state index in [-0.39, 0.29) is 18.1 Å². The quantitative estimate of drug-likeness (QED) is 0.116. The second-order valence-corrected chi connectivity index (χ2v) is 14.1. The maximum absolute atomic E-state index is 13.6. The molecule has 1 aliphatic rings. The highest BCUT2D eigenvalue weighted by Gasteiger charge is 2.37. The van der Waals surface area contributed by atoms with Gasteiger partial charge in [-0.1, -0.05) is 78.9 Å². The first-order valence-electron chi connectivity index (χ1n) is 17.6. The van der Waals surface area contributed by atoms with Crippen molar-refractivity contribution in [1.82, 2.24) is 20.5 Å². The van der Waals surface area contributed by atoms with Gasteiger partial charge in [0.25, 0.3) is 5.91 Å². The van der Waals surface area contributed by atoms with E-state index in [4.69, 9.17) is 4.74 Å². The van der Waals surface area contributed by atoms with Crippen molar-refractivity contribution in [2.45, 2.75) is 63.8 Å². The van der Waals surface area contributed by atoms with Crippen LogP contribution in [0.15, 0.2) is 109 Å². The van der Waals surface area contributed by atoms with Crippen LogP contribution < -0.4 is 16.0 Å². The number of aromatic nitrogens is 1. The number of carbonyl (C=O) groups is 4. The van der Waals surface area contributed by atoms with E-state index in [1.165, 1.54) is 0 Å². The number of Topliss-reactive ketones (excluding diaryl/α,β-unsaturated/α-hetero) is 1. The van der Waals surface area contributed by atoms with Crippen molar-refractivity contribution < 1.29 is 23.9 Å². The van der Waals surface area contributed by atoms with E-state index in [1.54, 1.807) is 57.0 Å². The fraction of sp³-hybridized carbons (Fsp3) is 0.286. The summed E-state index contributed by atoms with van der Waals surface area (Å²) in [6.07, 6.45) is 1.01. The predicted molar refractivity (Wildman–Crippen MR) is 203 cm³/mol. The number of carbonyl (C=O) groups excluding carboxylic acids is 4. The maximum Gasteiger partial charge on any atom is 0.408 e. The van der Waals surface area contributed by atoms with E-state index in [1.807, 2.05) is 84.9 Å². The van der Waals surface area contributed by atoms with Gasteiger partial charge < -0.3 is 30.6 Å². The average molecular weight is 700 g/mol. The molecule has 1 saturated heterocycles. The second-order valence-electron chi connectivity index (χ2n) is 14.1. The van der Waals surface area contributed by atoms with Gasteiger partial charge in [0.1, 0.15) is 17.7 Å². The summed E-state index contributed by atoms with van der Waals surface area (Å²) in [6, 6.07) is 32.1. The Morgan fingerprint density at radius 2 is 1.50 bits per heavy atom. The number of anilines is 1. The number of fused-ring (bicyclic) bond motifs is 1. The van der Waals surface area contributed by atoms with Crippen molar-refractivity contribution in [2.75, 3.05) is 18.9 Å². The molecule has 0 spiro atoms. The molecule has 10 heteroatoms. The van der Waals surface area contributed by atoms with Crippen molar-refractivity contribution >= 4 is 40.3 Å². The van der Waals surface area contributed by atoms with Gasteiger partial charge in [-0.2, -0.15) is 0 Å². The number of alkyl carbamates (subject to hydrolysis) is 1. The average Bonchev–Trinajstić information content (AvgIpc) is 3.79. The number of aromatic amines is 1. The van der Waals surface area contributed by atoms with Crippen molar-refractivity contribution in [3.8, 4) is 11.3 Å². The molecule has 4 N–H and O–H groups in total. The second kappa shape index (κ2) is 15.7. The molecule has 2 heterocycles. The Morgan fingerprint density at radius 1 is 0.846 bits per heavy atom. The number of likely N-dealkylation sites (N-methyl/N-ethyl adjacent to an activating group) is 1. The van der Waals surface area contributed by atoms with Crippen LogP contribution >= 0.6 is 0 Å². The molecule has 1 aromatic heterocycles. The van der Waals surface area contributed by atoms with Crippen LogP contribution in [0.1, 0.15) is 62.4 Å². The zero-order valence-electron chi connectivity index (χ0n) is 29.9. The van der Waals surface area contributed by atoms with Gasteiger partial charge in [0, 0.05) is 35.2 Å². The lowest BCUT2D eigenvalue weighted by atomic mass is 9.99. The Bertz CT molecular complexity index is 2040. The molecule has 10 nitrogen and oxygen atoms in total. The zero-order valence-corrected chi connectivity index (χ0v) is 29.9. The van der Waals surface area contributed by atoms with Crippen molar-refractivity contribution in [3.63, 3.8) is 0 Å². The Labute approximate surface area is 303 Å². The van der Waals surface area contributed by atoms with Crippen molar-refractivity contribution in [3.05, 3.63) is 126 Å². The minimum atomic E-state index is -0.956. The topological polar surface area (TPSA) is 133 Å². The van der Waals surface area contributed by atoms with Crippen molar-refractivity contribution in [2.24, 2.45) is 0 Å². The third kappa shape index (κ3) is 8.58. The van der Waals surface area contributed by atoms with Gasteiger partial charge in [-0.15, -0.1) is 0 Å². The number of ether oxygens (including phenoxy) is 1. The van der Waals surface area contributed by atoms with E-state index in [0.717, 1.165) is 39.7 Å². The van der Waals surface area contributed by atoms with Crippen LogP contribution in [0.25, 0.3) is 22.2 Å². The Morgan fingerprint density at radius 3 is 2.13 bits per heavy atom. The van der Waals surface area contributed by atoms with Crippen LogP contribution in [0.3, 0.4) is 0 Å². The number of likely N-dealkylation sites (tertiary alicyclic amines) is 1. The molecule has 5 aromatic rings. The molecule has 52 heavy (non-hydrogen) atoms. The molecule has 4 aromatic carbocycles. The molecule has 0 unspecified atom stereocenters. The van der Waals surface area contributed by atoms with Gasteiger partial charge >= 0.3 is 6.09 Å². The maximum atomic E-state index is 13.6. The Kier molecular flexibility index (Phi) is 10.9. The van der Waals surface area contributed by atoms with E-state index in [9.17, 15) is 19.2 Å². The van der Waals surface area contributed by atoms with Crippen molar-refractivity contribution in [1.29, 1.82) is 0 Å². The smallest absolute Gasteiger partial charge is 0.408 e. The highest BCUT2D eigenvalue weighted by atomic mass is 16.6. The number of nitrogens with one attached hydrogen (secondary N) is 4. The summed E-state index contributed by atoms with van der Waals surface area (Å²) in [6.45, 7) is 5.86. The molecule has 6 rings (SSSR count). The van der Waals surface area contributed by atoms with Crippen LogP contribution in [-0.4, -0.2) is 58.8 Å². The lowest BCUT2D eigenvalue weighted by Crippen LogP contribution is -2.46. The summed E-state index contributed by atoms with van der Waals surface area (Å²) in [5.41, 5.74) is 4.99. The van der Waals surface area contributed by atoms with Crippen LogP contribution in [0.2, 0.25) is 0 Å². The molecule has 0 aliphatic carbocycles. The lowest BCUT2D eigenvalue weighted by molar-refractivity contribution is -0.139. The van der Waals surface area contributed by atoms with Gasteiger partial charge in [0.15, 0.2) is 5.78 Å². The van der Waals surface area contributed by atoms with E-state index in [0.29, 0.717) is 24.2 Å².